The lowest BCUT2D eigenvalue weighted by Crippen LogP contribution is -2.56. The highest BCUT2D eigenvalue weighted by Crippen LogP contribution is 2.26. The van der Waals surface area contributed by atoms with E-state index in [0.29, 0.717) is 5.69 Å². The monoisotopic (exact) mass is 629 g/mol. The normalized spacial score (nSPS) is 12.3. The minimum atomic E-state index is -4.22. The number of carbonyl (C=O) groups excluding carboxylic acids is 2. The van der Waals surface area contributed by atoms with E-state index in [9.17, 15) is 18.0 Å². The number of halogens is 1. The first-order chi connectivity index (χ1) is 21.2. The summed E-state index contributed by atoms with van der Waals surface area (Å²) in [5.74, 6) is -1.62. The van der Waals surface area contributed by atoms with Gasteiger partial charge in [-0.1, -0.05) is 78.4 Å². The van der Waals surface area contributed by atoms with Crippen LogP contribution in [-0.2, 0) is 32.6 Å². The average Bonchev–Trinajstić information content (AvgIpc) is 2.98. The SMILES string of the molecule is Cc1ccc(S(=O)(=O)N(CC(=O)N(Cc2ccccc2F)[C@H](Cc2ccccc2)C(=O)NC(C)(C)C)c2cccc(C)c2)cc1. The maximum absolute atomic E-state index is 15.0. The third-order valence-electron chi connectivity index (χ3n) is 7.25. The first-order valence-corrected chi connectivity index (χ1v) is 16.2. The molecular formula is C36H40FN3O4S. The van der Waals surface area contributed by atoms with Gasteiger partial charge in [-0.2, -0.15) is 0 Å². The van der Waals surface area contributed by atoms with Crippen LogP contribution >= 0.6 is 0 Å². The van der Waals surface area contributed by atoms with E-state index in [4.69, 9.17) is 0 Å². The zero-order chi connectivity index (χ0) is 32.8. The molecular weight excluding hydrogens is 589 g/mol. The number of amides is 2. The van der Waals surface area contributed by atoms with Crippen LogP contribution in [0.25, 0.3) is 0 Å². The number of hydrogen-bond donors (Lipinski definition) is 1. The Morgan fingerprint density at radius 2 is 1.47 bits per heavy atom. The molecule has 0 radical (unpaired) electrons. The molecule has 0 bridgehead atoms. The van der Waals surface area contributed by atoms with E-state index in [2.05, 4.69) is 5.32 Å². The molecule has 0 aliphatic rings. The first kappa shape index (κ1) is 33.4. The van der Waals surface area contributed by atoms with Crippen molar-refractivity contribution >= 4 is 27.5 Å². The molecule has 1 N–H and O–H groups in total. The Hall–Kier alpha value is -4.50. The van der Waals surface area contributed by atoms with Crippen molar-refractivity contribution in [3.63, 3.8) is 0 Å². The molecule has 0 heterocycles. The van der Waals surface area contributed by atoms with Crippen LogP contribution in [0.1, 0.15) is 43.0 Å². The topological polar surface area (TPSA) is 86.8 Å². The van der Waals surface area contributed by atoms with Crippen molar-refractivity contribution in [3.8, 4) is 0 Å². The summed E-state index contributed by atoms with van der Waals surface area (Å²) in [4.78, 5) is 29.7. The molecule has 2 amide bonds. The maximum Gasteiger partial charge on any atom is 0.264 e. The summed E-state index contributed by atoms with van der Waals surface area (Å²) in [6, 6.07) is 27.5. The van der Waals surface area contributed by atoms with Gasteiger partial charge in [-0.05, 0) is 76.1 Å². The number of rotatable bonds is 11. The lowest BCUT2D eigenvalue weighted by Gasteiger charge is -2.35. The van der Waals surface area contributed by atoms with Gasteiger partial charge >= 0.3 is 0 Å². The van der Waals surface area contributed by atoms with Gasteiger partial charge < -0.3 is 10.2 Å². The molecule has 7 nitrogen and oxygen atoms in total. The van der Waals surface area contributed by atoms with Crippen molar-refractivity contribution in [2.24, 2.45) is 0 Å². The van der Waals surface area contributed by atoms with Gasteiger partial charge in [-0.15, -0.1) is 0 Å². The summed E-state index contributed by atoms with van der Waals surface area (Å²) >= 11 is 0. The van der Waals surface area contributed by atoms with Crippen LogP contribution in [-0.4, -0.2) is 43.3 Å². The lowest BCUT2D eigenvalue weighted by atomic mass is 10.0. The second-order valence-corrected chi connectivity index (χ2v) is 14.1. The quantitative estimate of drug-likeness (QED) is 0.214. The molecule has 0 aliphatic carbocycles. The fourth-order valence-corrected chi connectivity index (χ4v) is 6.37. The summed E-state index contributed by atoms with van der Waals surface area (Å²) in [6.07, 6.45) is 0.137. The first-order valence-electron chi connectivity index (χ1n) is 14.8. The molecule has 4 rings (SSSR count). The van der Waals surface area contributed by atoms with E-state index in [1.165, 1.54) is 23.1 Å². The third kappa shape index (κ3) is 8.79. The molecule has 4 aromatic carbocycles. The van der Waals surface area contributed by atoms with Crippen LogP contribution < -0.4 is 9.62 Å². The molecule has 0 saturated carbocycles. The van der Waals surface area contributed by atoms with E-state index in [1.807, 2.05) is 71.0 Å². The Morgan fingerprint density at radius 1 is 0.822 bits per heavy atom. The molecule has 0 spiro atoms. The molecule has 0 aromatic heterocycles. The number of anilines is 1. The third-order valence-corrected chi connectivity index (χ3v) is 9.03. The number of nitrogens with one attached hydrogen (secondary N) is 1. The van der Waals surface area contributed by atoms with Crippen LogP contribution in [0.3, 0.4) is 0 Å². The second kappa shape index (κ2) is 14.1. The highest BCUT2D eigenvalue weighted by molar-refractivity contribution is 7.92. The van der Waals surface area contributed by atoms with Crippen molar-refractivity contribution in [2.45, 2.75) is 64.1 Å². The zero-order valence-electron chi connectivity index (χ0n) is 26.3. The zero-order valence-corrected chi connectivity index (χ0v) is 27.1. The van der Waals surface area contributed by atoms with Crippen molar-refractivity contribution < 1.29 is 22.4 Å². The Labute approximate surface area is 265 Å². The molecule has 1 atom stereocenters. The van der Waals surface area contributed by atoms with Gasteiger partial charge in [0.15, 0.2) is 0 Å². The van der Waals surface area contributed by atoms with Gasteiger partial charge in [-0.3, -0.25) is 13.9 Å². The van der Waals surface area contributed by atoms with E-state index < -0.39 is 45.8 Å². The van der Waals surface area contributed by atoms with Crippen molar-refractivity contribution in [3.05, 3.63) is 131 Å². The average molecular weight is 630 g/mol. The predicted molar refractivity (Wildman–Crippen MR) is 176 cm³/mol. The van der Waals surface area contributed by atoms with Crippen molar-refractivity contribution in [2.75, 3.05) is 10.8 Å². The number of hydrogen-bond acceptors (Lipinski definition) is 4. The van der Waals surface area contributed by atoms with Gasteiger partial charge in [-0.25, -0.2) is 12.8 Å². The molecule has 0 unspecified atom stereocenters. The summed E-state index contributed by atoms with van der Waals surface area (Å²) in [7, 11) is -4.22. The highest BCUT2D eigenvalue weighted by atomic mass is 32.2. The Morgan fingerprint density at radius 3 is 2.09 bits per heavy atom. The van der Waals surface area contributed by atoms with Gasteiger partial charge in [0.25, 0.3) is 10.0 Å². The van der Waals surface area contributed by atoms with Gasteiger partial charge in [0.2, 0.25) is 11.8 Å². The second-order valence-electron chi connectivity index (χ2n) is 12.2. The Bertz CT molecular complexity index is 1740. The van der Waals surface area contributed by atoms with Crippen LogP contribution in [0.4, 0.5) is 10.1 Å². The standard InChI is InChI=1S/C36H40FN3O4S/c1-26-18-20-31(21-19-26)45(43,44)40(30-16-11-12-27(2)22-30)25-34(41)39(24-29-15-9-10-17-32(29)37)33(35(42)38-36(3,4)5)23-28-13-7-6-8-14-28/h6-22,33H,23-25H2,1-5H3,(H,38,42)/t33-/m1/s1. The van der Waals surface area contributed by atoms with E-state index in [-0.39, 0.29) is 23.4 Å². The predicted octanol–water partition coefficient (Wildman–Crippen LogP) is 6.19. The number of benzene rings is 4. The Kier molecular flexibility index (Phi) is 10.4. The molecule has 236 valence electrons. The molecule has 45 heavy (non-hydrogen) atoms. The Balaban J connectivity index is 1.83. The number of aryl methyl sites for hydroxylation is 2. The highest BCUT2D eigenvalue weighted by Gasteiger charge is 2.36. The number of carbonyl (C=O) groups is 2. The fourth-order valence-electron chi connectivity index (χ4n) is 4.97. The van der Waals surface area contributed by atoms with Gasteiger partial charge in [0.05, 0.1) is 10.6 Å². The summed E-state index contributed by atoms with van der Waals surface area (Å²) in [5, 5.41) is 2.97. The number of nitrogens with zero attached hydrogens (tertiary/aromatic N) is 2. The van der Waals surface area contributed by atoms with E-state index in [1.54, 1.807) is 48.5 Å². The summed E-state index contributed by atoms with van der Waals surface area (Å²) < 4.78 is 44.4. The smallest absolute Gasteiger partial charge is 0.264 e. The summed E-state index contributed by atoms with van der Waals surface area (Å²) in [6.45, 7) is 8.34. The van der Waals surface area contributed by atoms with Gasteiger partial charge in [0.1, 0.15) is 18.4 Å². The van der Waals surface area contributed by atoms with Crippen LogP contribution in [0.2, 0.25) is 0 Å². The lowest BCUT2D eigenvalue weighted by molar-refractivity contribution is -0.140. The van der Waals surface area contributed by atoms with Crippen molar-refractivity contribution in [1.29, 1.82) is 0 Å². The molecule has 0 aliphatic heterocycles. The largest absolute Gasteiger partial charge is 0.350 e. The minimum Gasteiger partial charge on any atom is -0.350 e. The minimum absolute atomic E-state index is 0.0226. The molecule has 4 aromatic rings. The van der Waals surface area contributed by atoms with Crippen LogP contribution in [0.15, 0.2) is 108 Å². The van der Waals surface area contributed by atoms with Crippen LogP contribution in [0, 0.1) is 19.7 Å². The molecule has 0 fully saturated rings. The molecule has 0 saturated heterocycles. The van der Waals surface area contributed by atoms with Gasteiger partial charge in [0, 0.05) is 24.1 Å². The fraction of sp³-hybridized carbons (Fsp3) is 0.278. The van der Waals surface area contributed by atoms with E-state index in [0.717, 1.165) is 21.0 Å². The maximum atomic E-state index is 15.0. The number of sulfonamides is 1. The van der Waals surface area contributed by atoms with Crippen molar-refractivity contribution in [1.82, 2.24) is 10.2 Å². The van der Waals surface area contributed by atoms with E-state index >= 15 is 4.39 Å². The molecule has 9 heteroatoms. The van der Waals surface area contributed by atoms with Crippen LogP contribution in [0.5, 0.6) is 0 Å². The summed E-state index contributed by atoms with van der Waals surface area (Å²) in [5.41, 5.74) is 2.36.